The molecule has 5 amide bonds. The summed E-state index contributed by atoms with van der Waals surface area (Å²) in [5, 5.41) is 13.8. The molecular weight excluding hydrogens is 797 g/mol. The van der Waals surface area contributed by atoms with Gasteiger partial charge in [-0.25, -0.2) is 8.78 Å². The number of benzene rings is 1. The first-order valence-corrected chi connectivity index (χ1v) is 21.8. The largest absolute Gasteiger partial charge is 0.382 e. The molecule has 9 rings (SSSR count). The van der Waals surface area contributed by atoms with E-state index in [1.165, 1.54) is 0 Å². The molecule has 4 fully saturated rings. The zero-order chi connectivity index (χ0) is 41.7. The highest BCUT2D eigenvalue weighted by Gasteiger charge is 2.46. The Hall–Kier alpha value is -5.20. The molecule has 18 heteroatoms. The summed E-state index contributed by atoms with van der Waals surface area (Å²) in [7, 11) is 2.16. The van der Waals surface area contributed by atoms with Crippen molar-refractivity contribution in [1.82, 2.24) is 29.3 Å². The second-order valence-corrected chi connectivity index (χ2v) is 17.7. The average Bonchev–Trinajstić information content (AvgIpc) is 4.02. The topological polar surface area (TPSA) is 163 Å². The molecule has 1 atom stereocenters. The molecule has 3 aromatic heterocycles. The van der Waals surface area contributed by atoms with Crippen molar-refractivity contribution in [3.05, 3.63) is 65.2 Å². The van der Waals surface area contributed by atoms with E-state index in [1.54, 1.807) is 46.5 Å². The Kier molecular flexibility index (Phi) is 11.2. The number of nitrogens with zero attached hydrogens (tertiary/aromatic N) is 6. The summed E-state index contributed by atoms with van der Waals surface area (Å²) < 4.78 is 37.4. The normalized spacial score (nSPS) is 25.1. The Morgan fingerprint density at radius 1 is 0.950 bits per heavy atom. The summed E-state index contributed by atoms with van der Waals surface area (Å²) in [4.78, 5) is 71.1. The molecule has 4 aromatic rings. The number of rotatable bonds is 11. The summed E-state index contributed by atoms with van der Waals surface area (Å²) in [5.74, 6) is -2.08. The number of aromatic nitrogens is 3. The highest BCUT2D eigenvalue weighted by Crippen LogP contribution is 2.38. The van der Waals surface area contributed by atoms with Gasteiger partial charge in [-0.05, 0) is 95.0 Å². The molecule has 0 bridgehead atoms. The number of amides is 5. The first-order chi connectivity index (χ1) is 29.0. The fourth-order valence-electron chi connectivity index (χ4n) is 9.71. The van der Waals surface area contributed by atoms with E-state index in [0.717, 1.165) is 85.7 Å². The SMILES string of the molecule is CN(C[C@H]1CC[C@H](n2cc(NC(=O)c3ccc4sc(N5CCOCC5)cn34)c(C(F)F)n2)CC1)[C@H]1CC[C@H](Nc2cccc3c2C(=O)N(C2CCC(=O)NC2=O)C3=O)CC1. The molecule has 2 saturated carbocycles. The maximum absolute atomic E-state index is 14.3. The molecule has 5 aliphatic rings. The van der Waals surface area contributed by atoms with Gasteiger partial charge in [0.25, 0.3) is 24.1 Å². The van der Waals surface area contributed by atoms with E-state index in [9.17, 15) is 32.8 Å². The number of imide groups is 2. The average molecular weight is 846 g/mol. The van der Waals surface area contributed by atoms with Crippen LogP contribution in [0, 0.1) is 5.92 Å². The van der Waals surface area contributed by atoms with Gasteiger partial charge >= 0.3 is 0 Å². The van der Waals surface area contributed by atoms with E-state index >= 15 is 0 Å². The van der Waals surface area contributed by atoms with Gasteiger partial charge < -0.3 is 29.6 Å². The van der Waals surface area contributed by atoms with Crippen LogP contribution in [0.3, 0.4) is 0 Å². The summed E-state index contributed by atoms with van der Waals surface area (Å²) in [6.45, 7) is 3.77. The van der Waals surface area contributed by atoms with E-state index in [1.807, 2.05) is 16.7 Å². The number of nitrogens with one attached hydrogen (secondary N) is 3. The van der Waals surface area contributed by atoms with Crippen LogP contribution in [-0.2, 0) is 14.3 Å². The number of morpholine rings is 1. The van der Waals surface area contributed by atoms with E-state index < -0.39 is 47.7 Å². The van der Waals surface area contributed by atoms with Crippen molar-refractivity contribution in [2.24, 2.45) is 5.92 Å². The van der Waals surface area contributed by atoms with Crippen LogP contribution < -0.4 is 20.9 Å². The standard InChI is InChI=1S/C42H49F2N9O6S/c1-49(26-11-7-25(8-12-26)45-29-4-2-3-28-36(29)42(58)53(41(28)57)32-13-15-33(54)47-40(32)56)21-24-5-9-27(10-6-24)52-22-30(37(48-52)38(43)44)46-39(55)31-14-16-34-51(31)23-35(60-34)50-17-19-59-20-18-50/h2-4,14,16,22-27,32,38,45H,5-13,15,17-21H2,1H3,(H,46,55)(H,47,54,56)/t24-,25-,26-,27-,32?. The lowest BCUT2D eigenvalue weighted by Gasteiger charge is -2.38. The summed E-state index contributed by atoms with van der Waals surface area (Å²) >= 11 is 1.57. The molecule has 0 radical (unpaired) electrons. The van der Waals surface area contributed by atoms with Crippen LogP contribution in [-0.4, -0.2) is 112 Å². The molecule has 0 spiro atoms. The molecule has 318 valence electrons. The Morgan fingerprint density at radius 2 is 1.72 bits per heavy atom. The number of piperidine rings is 1. The third-order valence-electron chi connectivity index (χ3n) is 13.0. The van der Waals surface area contributed by atoms with Crippen LogP contribution in [0.5, 0.6) is 0 Å². The van der Waals surface area contributed by atoms with E-state index in [-0.39, 0.29) is 41.7 Å². The zero-order valence-electron chi connectivity index (χ0n) is 33.4. The van der Waals surface area contributed by atoms with Gasteiger partial charge in [-0.3, -0.25) is 38.9 Å². The number of carbonyl (C=O) groups is 5. The van der Waals surface area contributed by atoms with Crippen molar-refractivity contribution in [2.75, 3.05) is 55.4 Å². The summed E-state index contributed by atoms with van der Waals surface area (Å²) in [5.41, 5.74) is 1.11. The maximum Gasteiger partial charge on any atom is 0.284 e. The minimum Gasteiger partial charge on any atom is -0.382 e. The Bertz CT molecular complexity index is 2300. The smallest absolute Gasteiger partial charge is 0.284 e. The summed E-state index contributed by atoms with van der Waals surface area (Å²) in [6.07, 6.45) is 7.98. The second kappa shape index (κ2) is 16.7. The predicted molar refractivity (Wildman–Crippen MR) is 220 cm³/mol. The Balaban J connectivity index is 0.762. The lowest BCUT2D eigenvalue weighted by molar-refractivity contribution is -0.136. The number of halogens is 2. The number of fused-ring (bicyclic) bond motifs is 2. The third kappa shape index (κ3) is 7.80. The number of anilines is 3. The van der Waals surface area contributed by atoms with Gasteiger partial charge in [0, 0.05) is 56.2 Å². The highest BCUT2D eigenvalue weighted by molar-refractivity contribution is 7.21. The van der Waals surface area contributed by atoms with Crippen molar-refractivity contribution >= 4 is 62.1 Å². The van der Waals surface area contributed by atoms with Crippen LogP contribution in [0.2, 0.25) is 0 Å². The Labute approximate surface area is 349 Å². The molecule has 2 aliphatic carbocycles. The molecule has 15 nitrogen and oxygen atoms in total. The number of thiazole rings is 1. The van der Waals surface area contributed by atoms with Gasteiger partial charge in [0.15, 0.2) is 5.69 Å². The molecule has 1 aromatic carbocycles. The molecular formula is C42H49F2N9O6S. The number of alkyl halides is 2. The zero-order valence-corrected chi connectivity index (χ0v) is 34.2. The van der Waals surface area contributed by atoms with Crippen LogP contribution >= 0.6 is 11.3 Å². The second-order valence-electron chi connectivity index (χ2n) is 16.7. The van der Waals surface area contributed by atoms with Gasteiger partial charge in [0.1, 0.15) is 21.6 Å². The monoisotopic (exact) mass is 845 g/mol. The highest BCUT2D eigenvalue weighted by atomic mass is 32.1. The number of carbonyl (C=O) groups excluding carboxylic acids is 5. The number of ether oxygens (including phenoxy) is 1. The number of hydrogen-bond donors (Lipinski definition) is 3. The predicted octanol–water partition coefficient (Wildman–Crippen LogP) is 5.71. The minimum absolute atomic E-state index is 0.0338. The van der Waals surface area contributed by atoms with Crippen molar-refractivity contribution in [2.45, 2.75) is 94.8 Å². The molecule has 3 aliphatic heterocycles. The fraction of sp³-hybridized carbons (Fsp3) is 0.524. The van der Waals surface area contributed by atoms with Gasteiger partial charge in [-0.15, -0.1) is 0 Å². The lowest BCUT2D eigenvalue weighted by Crippen LogP contribution is -2.54. The maximum atomic E-state index is 14.3. The molecule has 1 unspecified atom stereocenters. The number of hydrogen-bond acceptors (Lipinski definition) is 11. The first kappa shape index (κ1) is 40.2. The van der Waals surface area contributed by atoms with Crippen molar-refractivity contribution in [1.29, 1.82) is 0 Å². The summed E-state index contributed by atoms with van der Waals surface area (Å²) in [6, 6.07) is 8.17. The van der Waals surface area contributed by atoms with Gasteiger partial charge in [-0.2, -0.15) is 5.10 Å². The van der Waals surface area contributed by atoms with Crippen molar-refractivity contribution in [3.63, 3.8) is 0 Å². The Morgan fingerprint density at radius 3 is 2.45 bits per heavy atom. The molecule has 60 heavy (non-hydrogen) atoms. The van der Waals surface area contributed by atoms with Crippen LogP contribution in [0.15, 0.2) is 42.7 Å². The molecule has 6 heterocycles. The van der Waals surface area contributed by atoms with Gasteiger partial charge in [-0.1, -0.05) is 17.4 Å². The minimum atomic E-state index is -2.84. The fourth-order valence-corrected chi connectivity index (χ4v) is 10.8. The van der Waals surface area contributed by atoms with Gasteiger partial charge in [0.05, 0.1) is 36.1 Å². The van der Waals surface area contributed by atoms with E-state index in [0.29, 0.717) is 36.6 Å². The van der Waals surface area contributed by atoms with Crippen LogP contribution in [0.25, 0.3) is 4.83 Å². The van der Waals surface area contributed by atoms with E-state index in [2.05, 4.69) is 37.9 Å². The molecule has 2 saturated heterocycles. The molecule has 3 N–H and O–H groups in total. The van der Waals surface area contributed by atoms with Crippen molar-refractivity contribution < 1.29 is 37.5 Å². The third-order valence-corrected chi connectivity index (χ3v) is 14.1. The lowest BCUT2D eigenvalue weighted by atomic mass is 9.84. The quantitative estimate of drug-likeness (QED) is 0.160. The van der Waals surface area contributed by atoms with E-state index in [4.69, 9.17) is 4.74 Å². The van der Waals surface area contributed by atoms with Crippen LogP contribution in [0.1, 0.15) is 114 Å². The van der Waals surface area contributed by atoms with Gasteiger partial charge in [0.2, 0.25) is 11.8 Å². The van der Waals surface area contributed by atoms with Crippen molar-refractivity contribution in [3.8, 4) is 0 Å². The van der Waals surface area contributed by atoms with Crippen LogP contribution in [0.4, 0.5) is 25.2 Å². The first-order valence-electron chi connectivity index (χ1n) is 21.0.